The van der Waals surface area contributed by atoms with Gasteiger partial charge in [-0.05, 0) is 44.4 Å². The summed E-state index contributed by atoms with van der Waals surface area (Å²) in [5.41, 5.74) is -4.23. The Labute approximate surface area is 294 Å². The molecule has 2 aliphatic carbocycles. The van der Waals surface area contributed by atoms with Gasteiger partial charge in [0.25, 0.3) is 5.56 Å². The summed E-state index contributed by atoms with van der Waals surface area (Å²) in [5.74, 6) is 1.06. The van der Waals surface area contributed by atoms with Gasteiger partial charge in [-0.15, -0.1) is 0 Å². The number of nitrogens with zero attached hydrogens (tertiary/aromatic N) is 1. The van der Waals surface area contributed by atoms with Crippen molar-refractivity contribution in [3.05, 3.63) is 33.1 Å². The predicted molar refractivity (Wildman–Crippen MR) is 185 cm³/mol. The highest BCUT2D eigenvalue weighted by molar-refractivity contribution is 7.91. The molecule has 0 amide bonds. The quantitative estimate of drug-likeness (QED) is 0.112. The smallest absolute Gasteiger partial charge is 0.387 e. The summed E-state index contributed by atoms with van der Waals surface area (Å²) in [6, 6.07) is 0.984. The number of rotatable bonds is 24. The highest BCUT2D eigenvalue weighted by Crippen LogP contribution is 2.51. The molecule has 0 aromatic carbocycles. The third-order valence-electron chi connectivity index (χ3n) is 10.0. The summed E-state index contributed by atoms with van der Waals surface area (Å²) < 4.78 is 102. The number of halogens is 1. The van der Waals surface area contributed by atoms with Crippen LogP contribution in [0.1, 0.15) is 103 Å². The number of sulfone groups is 2. The summed E-state index contributed by atoms with van der Waals surface area (Å²) in [5, 5.41) is 10.7. The molecule has 3 aliphatic rings. The van der Waals surface area contributed by atoms with Crippen LogP contribution in [0.4, 0.5) is 4.39 Å². The van der Waals surface area contributed by atoms with E-state index in [1.807, 2.05) is 4.98 Å². The van der Waals surface area contributed by atoms with Gasteiger partial charge in [-0.2, -0.15) is 0 Å². The van der Waals surface area contributed by atoms with Gasteiger partial charge in [0.05, 0.1) is 42.8 Å². The molecule has 0 unspecified atom stereocenters. The lowest BCUT2D eigenvalue weighted by Gasteiger charge is -2.25. The first-order valence-electron chi connectivity index (χ1n) is 17.9. The van der Waals surface area contributed by atoms with Crippen molar-refractivity contribution in [3.8, 4) is 0 Å². The van der Waals surface area contributed by atoms with Crippen molar-refractivity contribution in [1.29, 1.82) is 0 Å². The number of unbranched alkanes of at least 4 members (excludes halogenated alkanes) is 2. The zero-order chi connectivity index (χ0) is 36.4. The Bertz CT molecular complexity index is 1540. The van der Waals surface area contributed by atoms with E-state index in [4.69, 9.17) is 18.3 Å². The number of ether oxygens (including phenoxy) is 1. The van der Waals surface area contributed by atoms with Crippen LogP contribution in [-0.4, -0.2) is 92.2 Å². The number of aromatic amines is 1. The minimum Gasteiger partial charge on any atom is -0.387 e. The molecule has 1 saturated heterocycles. The maximum atomic E-state index is 15.6. The summed E-state index contributed by atoms with van der Waals surface area (Å²) >= 11 is 0. The normalized spacial score (nSPS) is 25.1. The molecule has 0 spiro atoms. The van der Waals surface area contributed by atoms with Crippen molar-refractivity contribution in [2.75, 3.05) is 42.8 Å². The van der Waals surface area contributed by atoms with Crippen molar-refractivity contribution in [2.24, 2.45) is 11.8 Å². The van der Waals surface area contributed by atoms with E-state index in [9.17, 15) is 36.1 Å². The number of H-pyrrole nitrogens is 1. The first kappa shape index (κ1) is 41.3. The van der Waals surface area contributed by atoms with E-state index >= 15 is 4.39 Å². The summed E-state index contributed by atoms with van der Waals surface area (Å²) in [4.78, 5) is 25.7. The number of phosphoric ester groups is 1. The highest BCUT2D eigenvalue weighted by atomic mass is 32.2. The molecule has 288 valence electrons. The van der Waals surface area contributed by atoms with Gasteiger partial charge in [0.2, 0.25) is 0 Å². The van der Waals surface area contributed by atoms with Crippen LogP contribution in [0, 0.1) is 11.8 Å². The number of aliphatic hydroxyl groups is 1. The number of phosphoric acid groups is 1. The molecule has 1 aromatic heterocycles. The van der Waals surface area contributed by atoms with Crippen LogP contribution in [0.25, 0.3) is 0 Å². The van der Waals surface area contributed by atoms with E-state index in [2.05, 4.69) is 0 Å². The lowest BCUT2D eigenvalue weighted by molar-refractivity contribution is -0.0620. The molecule has 0 bridgehead atoms. The maximum Gasteiger partial charge on any atom is 0.474 e. The Morgan fingerprint density at radius 3 is 1.84 bits per heavy atom. The van der Waals surface area contributed by atoms with Crippen LogP contribution in [-0.2, 0) is 42.5 Å². The van der Waals surface area contributed by atoms with Crippen molar-refractivity contribution in [2.45, 2.75) is 121 Å². The third kappa shape index (κ3) is 12.6. The average molecular weight is 773 g/mol. The van der Waals surface area contributed by atoms with Gasteiger partial charge >= 0.3 is 13.5 Å². The molecule has 2 saturated carbocycles. The van der Waals surface area contributed by atoms with Crippen LogP contribution in [0.3, 0.4) is 0 Å². The van der Waals surface area contributed by atoms with Gasteiger partial charge in [-0.1, -0.05) is 64.2 Å². The van der Waals surface area contributed by atoms with Crippen molar-refractivity contribution in [1.82, 2.24) is 9.55 Å². The van der Waals surface area contributed by atoms with Crippen LogP contribution in [0.2, 0.25) is 0 Å². The Morgan fingerprint density at radius 1 is 0.880 bits per heavy atom. The summed E-state index contributed by atoms with van der Waals surface area (Å²) in [7, 11) is -11.3. The molecular formula is C32H54FN2O12PS2. The van der Waals surface area contributed by atoms with Gasteiger partial charge in [0.1, 0.15) is 31.9 Å². The molecule has 0 radical (unpaired) electrons. The molecule has 2 N–H and O–H groups in total. The van der Waals surface area contributed by atoms with E-state index in [1.54, 1.807) is 0 Å². The first-order chi connectivity index (χ1) is 23.6. The molecule has 4 rings (SSSR count). The molecule has 4 atom stereocenters. The second-order valence-electron chi connectivity index (χ2n) is 14.1. The minimum absolute atomic E-state index is 0.0147. The number of aromatic nitrogens is 2. The molecule has 1 aliphatic heterocycles. The molecule has 50 heavy (non-hydrogen) atoms. The van der Waals surface area contributed by atoms with Crippen LogP contribution >= 0.6 is 7.82 Å². The van der Waals surface area contributed by atoms with E-state index in [0.29, 0.717) is 24.7 Å². The number of alkyl halides is 1. The lowest BCUT2D eigenvalue weighted by Crippen LogP contribution is -2.43. The molecule has 14 nitrogen and oxygen atoms in total. The van der Waals surface area contributed by atoms with E-state index in [1.165, 1.54) is 38.5 Å². The van der Waals surface area contributed by atoms with Crippen molar-refractivity contribution >= 4 is 27.5 Å². The van der Waals surface area contributed by atoms with Gasteiger partial charge in [0, 0.05) is 12.3 Å². The van der Waals surface area contributed by atoms with Gasteiger partial charge in [-0.25, -0.2) is 30.6 Å². The summed E-state index contributed by atoms with van der Waals surface area (Å²) in [6.45, 7) is -0.385. The van der Waals surface area contributed by atoms with E-state index in [0.717, 1.165) is 49.4 Å². The number of hydrogen-bond donors (Lipinski definition) is 2. The second-order valence-corrected chi connectivity index (χ2v) is 20.4. The third-order valence-corrected chi connectivity index (χ3v) is 15.1. The van der Waals surface area contributed by atoms with E-state index < -0.39 is 69.5 Å². The number of nitrogens with one attached hydrogen (secondary N) is 1. The molecule has 2 heterocycles. The average Bonchev–Trinajstić information content (AvgIpc) is 3.22. The topological polar surface area (TPSA) is 197 Å². The highest BCUT2D eigenvalue weighted by Gasteiger charge is 2.55. The van der Waals surface area contributed by atoms with Crippen molar-refractivity contribution < 1.29 is 49.2 Å². The molecule has 3 fully saturated rings. The van der Waals surface area contributed by atoms with Crippen LogP contribution in [0.15, 0.2) is 21.9 Å². The number of hydrogen-bond acceptors (Lipinski definition) is 12. The Kier molecular flexibility index (Phi) is 15.3. The number of aliphatic hydroxyl groups excluding tert-OH is 1. The van der Waals surface area contributed by atoms with Crippen LogP contribution in [0.5, 0.6) is 0 Å². The van der Waals surface area contributed by atoms with Crippen LogP contribution < -0.4 is 11.2 Å². The second kappa shape index (κ2) is 18.5. The maximum absolute atomic E-state index is 15.6. The molecule has 1 aromatic rings. The largest absolute Gasteiger partial charge is 0.474 e. The predicted octanol–water partition coefficient (Wildman–Crippen LogP) is 4.23. The van der Waals surface area contributed by atoms with Gasteiger partial charge in [-0.3, -0.25) is 27.9 Å². The fourth-order valence-corrected chi connectivity index (χ4v) is 10.5. The van der Waals surface area contributed by atoms with Crippen molar-refractivity contribution in [3.63, 3.8) is 0 Å². The zero-order valence-electron chi connectivity index (χ0n) is 28.9. The minimum atomic E-state index is -4.50. The van der Waals surface area contributed by atoms with Gasteiger partial charge < -0.3 is 9.84 Å². The lowest BCUT2D eigenvalue weighted by atomic mass is 9.82. The summed E-state index contributed by atoms with van der Waals surface area (Å²) in [6.07, 6.45) is 8.17. The molecule has 18 heteroatoms. The zero-order valence-corrected chi connectivity index (χ0v) is 31.4. The van der Waals surface area contributed by atoms with E-state index in [-0.39, 0.29) is 49.1 Å². The fourth-order valence-electron chi connectivity index (χ4n) is 6.43. The standard InChI is InChI=1S/C32H54FN2O12PS2/c1-32(33)29(37)27(47-30(32)35-17-16-28(36)34-31(35)38)24-46-48(39,44-18-8-22-49(40,41)20-4-2-10-25-12-6-13-25)45-19-9-23-50(42,43)21-5-3-11-26-14-7-15-26/h16-17,25-27,29-30,37H,2-15,18-24H2,1H3,(H,34,36,38)/t27-,29-,30-,32-/m1/s1. The monoisotopic (exact) mass is 772 g/mol. The Hall–Kier alpha value is -1.46. The Balaban J connectivity index is 1.29. The SMILES string of the molecule is C[C@@]1(F)[C@H](O)[C@@H](COP(=O)(OCCCS(=O)(=O)CCCCC2CCC2)OCCCS(=O)(=O)CCCCC2CCC2)O[C@H]1n1ccc(=O)[nH]c1=O. The fraction of sp³-hybridized carbons (Fsp3) is 0.875. The van der Waals surface area contributed by atoms with Gasteiger partial charge in [0.15, 0.2) is 11.9 Å². The first-order valence-corrected chi connectivity index (χ1v) is 23.0. The molecular weight excluding hydrogens is 718 g/mol. The Morgan fingerprint density at radius 2 is 1.38 bits per heavy atom.